The first kappa shape index (κ1) is 20.7. The molecule has 0 saturated carbocycles. The molecule has 31 heavy (non-hydrogen) atoms. The largest absolute Gasteiger partial charge is 0.353 e. The van der Waals surface area contributed by atoms with Crippen molar-refractivity contribution in [1.29, 1.82) is 0 Å². The molecule has 0 atom stereocenters. The van der Waals surface area contributed by atoms with Gasteiger partial charge in [0.1, 0.15) is 5.82 Å². The van der Waals surface area contributed by atoms with Gasteiger partial charge in [0.05, 0.1) is 16.7 Å². The molecule has 2 aliphatic heterocycles. The van der Waals surface area contributed by atoms with Gasteiger partial charge in [-0.2, -0.15) is 0 Å². The normalized spacial score (nSPS) is 16.4. The minimum atomic E-state index is -0.545. The van der Waals surface area contributed by atoms with E-state index in [1.165, 1.54) is 18.2 Å². The average molecular weight is 423 g/mol. The van der Waals surface area contributed by atoms with Gasteiger partial charge in [-0.05, 0) is 37.1 Å². The summed E-state index contributed by atoms with van der Waals surface area (Å²) in [6.07, 6.45) is 1.12. The van der Waals surface area contributed by atoms with Crippen LogP contribution in [0.5, 0.6) is 0 Å². The molecule has 0 bridgehead atoms. The quantitative estimate of drug-likeness (QED) is 0.748. The number of benzene rings is 2. The van der Waals surface area contributed by atoms with E-state index in [-0.39, 0.29) is 48.2 Å². The smallest absolute Gasteiger partial charge is 0.261 e. The van der Waals surface area contributed by atoms with E-state index in [4.69, 9.17) is 0 Å². The molecule has 4 amide bonds. The van der Waals surface area contributed by atoms with Crippen molar-refractivity contribution in [1.82, 2.24) is 15.1 Å². The Bertz CT molecular complexity index is 1010. The van der Waals surface area contributed by atoms with Crippen LogP contribution in [0.3, 0.4) is 0 Å². The lowest BCUT2D eigenvalue weighted by Crippen LogP contribution is -2.47. The van der Waals surface area contributed by atoms with Crippen molar-refractivity contribution in [2.75, 3.05) is 19.6 Å². The van der Waals surface area contributed by atoms with Gasteiger partial charge in [0.15, 0.2) is 0 Å². The molecule has 0 spiro atoms. The summed E-state index contributed by atoms with van der Waals surface area (Å²) in [5.41, 5.74) is 0.769. The predicted octanol–water partition coefficient (Wildman–Crippen LogP) is 2.23. The Morgan fingerprint density at radius 1 is 0.935 bits per heavy atom. The number of halogens is 1. The number of rotatable bonds is 5. The van der Waals surface area contributed by atoms with Gasteiger partial charge in [0, 0.05) is 32.1 Å². The molecule has 0 radical (unpaired) electrons. The molecule has 1 fully saturated rings. The zero-order chi connectivity index (χ0) is 22.0. The summed E-state index contributed by atoms with van der Waals surface area (Å²) in [6.45, 7) is 0.843. The van der Waals surface area contributed by atoms with E-state index < -0.39 is 5.82 Å². The number of hydrogen-bond acceptors (Lipinski definition) is 4. The topological polar surface area (TPSA) is 86.8 Å². The van der Waals surface area contributed by atoms with Gasteiger partial charge < -0.3 is 10.2 Å². The molecule has 1 saturated heterocycles. The van der Waals surface area contributed by atoms with Crippen LogP contribution in [0.25, 0.3) is 0 Å². The summed E-state index contributed by atoms with van der Waals surface area (Å²) in [4.78, 5) is 52.2. The molecular weight excluding hydrogens is 401 g/mol. The molecule has 8 heteroatoms. The molecule has 2 aliphatic rings. The number of imide groups is 1. The molecule has 160 valence electrons. The Hall–Kier alpha value is -3.55. The van der Waals surface area contributed by atoms with E-state index in [9.17, 15) is 23.6 Å². The number of carbonyl (C=O) groups excluding carboxylic acids is 4. The molecule has 0 aliphatic carbocycles. The van der Waals surface area contributed by atoms with Crippen molar-refractivity contribution < 1.29 is 23.6 Å². The van der Waals surface area contributed by atoms with Crippen LogP contribution >= 0.6 is 0 Å². The highest BCUT2D eigenvalue weighted by molar-refractivity contribution is 6.21. The van der Waals surface area contributed by atoms with Crippen LogP contribution in [-0.4, -0.2) is 59.1 Å². The SMILES string of the molecule is O=C(CCN1C(=O)c2ccccc2C1=O)NC1CCN(C(=O)c2ccccc2F)CC1. The van der Waals surface area contributed by atoms with E-state index in [0.29, 0.717) is 37.1 Å². The Kier molecular flexibility index (Phi) is 5.79. The van der Waals surface area contributed by atoms with Crippen LogP contribution in [0.2, 0.25) is 0 Å². The highest BCUT2D eigenvalue weighted by atomic mass is 19.1. The second-order valence-electron chi connectivity index (χ2n) is 7.67. The Morgan fingerprint density at radius 3 is 2.13 bits per heavy atom. The van der Waals surface area contributed by atoms with Gasteiger partial charge in [-0.15, -0.1) is 0 Å². The van der Waals surface area contributed by atoms with Crippen molar-refractivity contribution in [3.63, 3.8) is 0 Å². The van der Waals surface area contributed by atoms with Gasteiger partial charge >= 0.3 is 0 Å². The van der Waals surface area contributed by atoms with Gasteiger partial charge in [-0.1, -0.05) is 24.3 Å². The van der Waals surface area contributed by atoms with Crippen LogP contribution in [0.4, 0.5) is 4.39 Å². The Morgan fingerprint density at radius 2 is 1.52 bits per heavy atom. The fourth-order valence-electron chi connectivity index (χ4n) is 3.99. The molecule has 7 nitrogen and oxygen atoms in total. The maximum absolute atomic E-state index is 13.8. The lowest BCUT2D eigenvalue weighted by atomic mass is 10.0. The summed E-state index contributed by atoms with van der Waals surface area (Å²) >= 11 is 0. The molecule has 1 N–H and O–H groups in total. The fraction of sp³-hybridized carbons (Fsp3) is 0.304. The van der Waals surface area contributed by atoms with Crippen LogP contribution < -0.4 is 5.32 Å². The zero-order valence-corrected chi connectivity index (χ0v) is 16.8. The average Bonchev–Trinajstić information content (AvgIpc) is 3.03. The Labute approximate surface area is 178 Å². The van der Waals surface area contributed by atoms with Gasteiger partial charge in [0.2, 0.25) is 5.91 Å². The lowest BCUT2D eigenvalue weighted by Gasteiger charge is -2.32. The highest BCUT2D eigenvalue weighted by Gasteiger charge is 2.35. The summed E-state index contributed by atoms with van der Waals surface area (Å²) < 4.78 is 13.8. The second-order valence-corrected chi connectivity index (χ2v) is 7.67. The van der Waals surface area contributed by atoms with Gasteiger partial charge in [-0.3, -0.25) is 24.1 Å². The molecule has 4 rings (SSSR count). The molecule has 0 aromatic heterocycles. The van der Waals surface area contributed by atoms with E-state index >= 15 is 0 Å². The number of piperidine rings is 1. The third-order valence-corrected chi connectivity index (χ3v) is 5.69. The molecule has 0 unspecified atom stereocenters. The van der Waals surface area contributed by atoms with Gasteiger partial charge in [0.25, 0.3) is 17.7 Å². The number of likely N-dealkylation sites (tertiary alicyclic amines) is 1. The summed E-state index contributed by atoms with van der Waals surface area (Å²) in [5, 5.41) is 2.90. The van der Waals surface area contributed by atoms with Crippen molar-refractivity contribution in [3.8, 4) is 0 Å². The third-order valence-electron chi connectivity index (χ3n) is 5.69. The van der Waals surface area contributed by atoms with Crippen LogP contribution in [0.1, 0.15) is 50.3 Å². The number of fused-ring (bicyclic) bond motifs is 1. The van der Waals surface area contributed by atoms with E-state index in [1.807, 2.05) is 0 Å². The fourth-order valence-corrected chi connectivity index (χ4v) is 3.99. The second kappa shape index (κ2) is 8.67. The van der Waals surface area contributed by atoms with Crippen LogP contribution in [0.15, 0.2) is 48.5 Å². The maximum atomic E-state index is 13.8. The van der Waals surface area contributed by atoms with E-state index in [1.54, 1.807) is 35.2 Å². The summed E-state index contributed by atoms with van der Waals surface area (Å²) in [7, 11) is 0. The number of hydrogen-bond donors (Lipinski definition) is 1. The molecule has 2 aromatic rings. The monoisotopic (exact) mass is 423 g/mol. The Balaban J connectivity index is 1.25. The highest BCUT2D eigenvalue weighted by Crippen LogP contribution is 2.22. The molecule has 2 aromatic carbocycles. The van der Waals surface area contributed by atoms with Crippen molar-refractivity contribution in [2.45, 2.75) is 25.3 Å². The third kappa shape index (κ3) is 4.19. The van der Waals surface area contributed by atoms with E-state index in [2.05, 4.69) is 5.32 Å². The van der Waals surface area contributed by atoms with Crippen molar-refractivity contribution in [2.24, 2.45) is 0 Å². The predicted molar refractivity (Wildman–Crippen MR) is 110 cm³/mol. The zero-order valence-electron chi connectivity index (χ0n) is 16.8. The number of nitrogens with zero attached hydrogens (tertiary/aromatic N) is 2. The minimum Gasteiger partial charge on any atom is -0.353 e. The maximum Gasteiger partial charge on any atom is 0.261 e. The minimum absolute atomic E-state index is 0.0137. The standard InChI is InChI=1S/C23H22FN3O4/c24-19-8-4-3-7-18(19)21(29)26-12-9-15(10-13-26)25-20(28)11-14-27-22(30)16-5-1-2-6-17(16)23(27)31/h1-8,15H,9-14H2,(H,25,28). The van der Waals surface area contributed by atoms with Crippen molar-refractivity contribution in [3.05, 3.63) is 71.0 Å². The van der Waals surface area contributed by atoms with E-state index in [0.717, 1.165) is 4.90 Å². The lowest BCUT2D eigenvalue weighted by molar-refractivity contribution is -0.122. The first-order chi connectivity index (χ1) is 15.0. The molecular formula is C23H22FN3O4. The number of amides is 4. The van der Waals surface area contributed by atoms with Crippen molar-refractivity contribution >= 4 is 23.6 Å². The number of nitrogens with one attached hydrogen (secondary N) is 1. The first-order valence-electron chi connectivity index (χ1n) is 10.2. The first-order valence-corrected chi connectivity index (χ1v) is 10.2. The van der Waals surface area contributed by atoms with Gasteiger partial charge in [-0.25, -0.2) is 4.39 Å². The molecule has 2 heterocycles. The van der Waals surface area contributed by atoms with Crippen LogP contribution in [0, 0.1) is 5.82 Å². The summed E-state index contributed by atoms with van der Waals surface area (Å²) in [5.74, 6) is -1.92. The summed E-state index contributed by atoms with van der Waals surface area (Å²) in [6, 6.07) is 12.4. The van der Waals surface area contributed by atoms with Crippen LogP contribution in [-0.2, 0) is 4.79 Å². The number of carbonyl (C=O) groups is 4.